The van der Waals surface area contributed by atoms with Crippen LogP contribution in [0.25, 0.3) is 22.0 Å². The molecule has 0 fully saturated rings. The van der Waals surface area contributed by atoms with Gasteiger partial charge in [-0.05, 0) is 53.4 Å². The topological polar surface area (TPSA) is 36.7 Å². The molecule has 3 aromatic rings. The second kappa shape index (κ2) is 5.14. The summed E-state index contributed by atoms with van der Waals surface area (Å²) < 4.78 is 0. The zero-order valence-corrected chi connectivity index (χ0v) is 11.3. The maximum absolute atomic E-state index is 9.04. The standard InChI is InChI=1S/C18H14N2/c1-2-13-6-7-18-17(11-13)16(8-9-20-18)15-5-3-4-14(10-15)12-19/h3-11H,2H2,1H3. The molecule has 0 saturated carbocycles. The fraction of sp³-hybridized carbons (Fsp3) is 0.111. The summed E-state index contributed by atoms with van der Waals surface area (Å²) in [6.45, 7) is 2.15. The molecule has 2 nitrogen and oxygen atoms in total. The minimum absolute atomic E-state index is 0.680. The molecule has 0 atom stereocenters. The van der Waals surface area contributed by atoms with E-state index in [4.69, 9.17) is 5.26 Å². The van der Waals surface area contributed by atoms with Crippen molar-refractivity contribution >= 4 is 10.9 Å². The van der Waals surface area contributed by atoms with E-state index in [1.807, 2.05) is 36.5 Å². The van der Waals surface area contributed by atoms with Gasteiger partial charge in [-0.1, -0.05) is 25.1 Å². The molecule has 3 rings (SSSR count). The fourth-order valence-electron chi connectivity index (χ4n) is 2.42. The van der Waals surface area contributed by atoms with Crippen LogP contribution in [0.3, 0.4) is 0 Å². The van der Waals surface area contributed by atoms with Gasteiger partial charge in [-0.3, -0.25) is 4.98 Å². The van der Waals surface area contributed by atoms with Crippen LogP contribution in [0.5, 0.6) is 0 Å². The van der Waals surface area contributed by atoms with Crippen LogP contribution in [-0.2, 0) is 6.42 Å². The first-order valence-electron chi connectivity index (χ1n) is 6.70. The zero-order valence-electron chi connectivity index (χ0n) is 11.3. The van der Waals surface area contributed by atoms with Gasteiger partial charge in [0.25, 0.3) is 0 Å². The SMILES string of the molecule is CCc1ccc2nccc(-c3cccc(C#N)c3)c2c1. The number of hydrogen-bond donors (Lipinski definition) is 0. The van der Waals surface area contributed by atoms with E-state index in [-0.39, 0.29) is 0 Å². The van der Waals surface area contributed by atoms with Gasteiger partial charge in [0.1, 0.15) is 0 Å². The number of rotatable bonds is 2. The van der Waals surface area contributed by atoms with Gasteiger partial charge >= 0.3 is 0 Å². The minimum Gasteiger partial charge on any atom is -0.256 e. The lowest BCUT2D eigenvalue weighted by Gasteiger charge is -2.08. The van der Waals surface area contributed by atoms with Crippen molar-refractivity contribution in [1.82, 2.24) is 4.98 Å². The van der Waals surface area contributed by atoms with Crippen molar-refractivity contribution in [2.75, 3.05) is 0 Å². The van der Waals surface area contributed by atoms with Gasteiger partial charge in [0.05, 0.1) is 17.1 Å². The van der Waals surface area contributed by atoms with E-state index in [2.05, 4.69) is 36.2 Å². The van der Waals surface area contributed by atoms with Gasteiger partial charge < -0.3 is 0 Å². The fourth-order valence-corrected chi connectivity index (χ4v) is 2.42. The van der Waals surface area contributed by atoms with Gasteiger partial charge in [-0.15, -0.1) is 0 Å². The van der Waals surface area contributed by atoms with Crippen molar-refractivity contribution in [2.24, 2.45) is 0 Å². The van der Waals surface area contributed by atoms with Crippen molar-refractivity contribution in [3.63, 3.8) is 0 Å². The van der Waals surface area contributed by atoms with Crippen LogP contribution in [0.1, 0.15) is 18.1 Å². The van der Waals surface area contributed by atoms with Crippen molar-refractivity contribution < 1.29 is 0 Å². The highest BCUT2D eigenvalue weighted by molar-refractivity contribution is 5.94. The number of fused-ring (bicyclic) bond motifs is 1. The molecule has 20 heavy (non-hydrogen) atoms. The second-order valence-electron chi connectivity index (χ2n) is 4.76. The summed E-state index contributed by atoms with van der Waals surface area (Å²) in [5.74, 6) is 0. The van der Waals surface area contributed by atoms with E-state index in [1.165, 1.54) is 5.56 Å². The third-order valence-corrected chi connectivity index (χ3v) is 3.52. The van der Waals surface area contributed by atoms with Crippen LogP contribution in [0.4, 0.5) is 0 Å². The minimum atomic E-state index is 0.680. The highest BCUT2D eigenvalue weighted by atomic mass is 14.6. The van der Waals surface area contributed by atoms with Crippen LogP contribution in [0.15, 0.2) is 54.7 Å². The van der Waals surface area contributed by atoms with Crippen LogP contribution >= 0.6 is 0 Å². The average molecular weight is 258 g/mol. The predicted molar refractivity (Wildman–Crippen MR) is 81.3 cm³/mol. The Morgan fingerprint density at radius 1 is 1.10 bits per heavy atom. The molecule has 1 aromatic heterocycles. The van der Waals surface area contributed by atoms with E-state index in [1.54, 1.807) is 0 Å². The molecule has 0 N–H and O–H groups in total. The smallest absolute Gasteiger partial charge is 0.0991 e. The third kappa shape index (κ3) is 2.15. The Kier molecular flexibility index (Phi) is 3.18. The van der Waals surface area contributed by atoms with Crippen molar-refractivity contribution in [1.29, 1.82) is 5.26 Å². The lowest BCUT2D eigenvalue weighted by molar-refractivity contribution is 1.14. The normalized spacial score (nSPS) is 10.4. The molecular weight excluding hydrogens is 244 g/mol. The third-order valence-electron chi connectivity index (χ3n) is 3.52. The molecule has 0 aliphatic heterocycles. The quantitative estimate of drug-likeness (QED) is 0.685. The summed E-state index contributed by atoms with van der Waals surface area (Å²) in [4.78, 5) is 4.42. The first-order chi connectivity index (χ1) is 9.81. The van der Waals surface area contributed by atoms with Crippen LogP contribution in [-0.4, -0.2) is 4.98 Å². The molecule has 0 aliphatic carbocycles. The Labute approximate surface area is 118 Å². The molecule has 2 heteroatoms. The summed E-state index contributed by atoms with van der Waals surface area (Å²) in [6, 6.07) is 18.3. The Hall–Kier alpha value is -2.66. The highest BCUT2D eigenvalue weighted by Gasteiger charge is 2.06. The van der Waals surface area contributed by atoms with E-state index in [0.717, 1.165) is 28.5 Å². The molecule has 0 unspecified atom stereocenters. The molecule has 0 radical (unpaired) electrons. The molecule has 0 aliphatic rings. The Morgan fingerprint density at radius 2 is 2.00 bits per heavy atom. The van der Waals surface area contributed by atoms with E-state index >= 15 is 0 Å². The number of benzene rings is 2. The molecule has 0 saturated heterocycles. The predicted octanol–water partition coefficient (Wildman–Crippen LogP) is 4.34. The zero-order chi connectivity index (χ0) is 13.9. The largest absolute Gasteiger partial charge is 0.256 e. The Balaban J connectivity index is 2.27. The monoisotopic (exact) mass is 258 g/mol. The first kappa shape index (κ1) is 12.4. The summed E-state index contributed by atoms with van der Waals surface area (Å²) in [5, 5.41) is 10.2. The first-order valence-corrected chi connectivity index (χ1v) is 6.70. The summed E-state index contributed by atoms with van der Waals surface area (Å²) >= 11 is 0. The number of hydrogen-bond acceptors (Lipinski definition) is 2. The van der Waals surface area contributed by atoms with Gasteiger partial charge in [-0.2, -0.15) is 5.26 Å². The number of nitrogens with zero attached hydrogens (tertiary/aromatic N) is 2. The van der Waals surface area contributed by atoms with Crippen LogP contribution in [0, 0.1) is 11.3 Å². The number of aromatic nitrogens is 1. The van der Waals surface area contributed by atoms with Gasteiger partial charge in [0, 0.05) is 11.6 Å². The Morgan fingerprint density at radius 3 is 2.80 bits per heavy atom. The summed E-state index contributed by atoms with van der Waals surface area (Å²) in [5.41, 5.74) is 5.15. The molecule has 0 bridgehead atoms. The van der Waals surface area contributed by atoms with E-state index in [0.29, 0.717) is 5.56 Å². The van der Waals surface area contributed by atoms with Crippen molar-refractivity contribution in [2.45, 2.75) is 13.3 Å². The van der Waals surface area contributed by atoms with Crippen molar-refractivity contribution in [3.8, 4) is 17.2 Å². The van der Waals surface area contributed by atoms with Crippen LogP contribution < -0.4 is 0 Å². The Bertz CT molecular complexity index is 813. The average Bonchev–Trinajstić information content (AvgIpc) is 2.53. The molecular formula is C18H14N2. The number of pyridine rings is 1. The number of nitriles is 1. The maximum atomic E-state index is 9.04. The van der Waals surface area contributed by atoms with Crippen molar-refractivity contribution in [3.05, 3.63) is 65.9 Å². The van der Waals surface area contributed by atoms with Crippen LogP contribution in [0.2, 0.25) is 0 Å². The summed E-state index contributed by atoms with van der Waals surface area (Å²) in [6.07, 6.45) is 2.82. The molecule has 0 amide bonds. The van der Waals surface area contributed by atoms with E-state index < -0.39 is 0 Å². The molecule has 96 valence electrons. The molecule has 1 heterocycles. The molecule has 2 aromatic carbocycles. The maximum Gasteiger partial charge on any atom is 0.0991 e. The second-order valence-corrected chi connectivity index (χ2v) is 4.76. The lowest BCUT2D eigenvalue weighted by Crippen LogP contribution is -1.87. The van der Waals surface area contributed by atoms with Gasteiger partial charge in [0.2, 0.25) is 0 Å². The number of aryl methyl sites for hydroxylation is 1. The lowest BCUT2D eigenvalue weighted by atomic mass is 9.98. The molecule has 0 spiro atoms. The summed E-state index contributed by atoms with van der Waals surface area (Å²) in [7, 11) is 0. The van der Waals surface area contributed by atoms with E-state index in [9.17, 15) is 0 Å². The van der Waals surface area contributed by atoms with Gasteiger partial charge in [-0.25, -0.2) is 0 Å². The highest BCUT2D eigenvalue weighted by Crippen LogP contribution is 2.28. The van der Waals surface area contributed by atoms with Gasteiger partial charge in [0.15, 0.2) is 0 Å².